The molecular weight excluding hydrogens is 246 g/mol. The largest absolute Gasteiger partial charge is 0.480 e. The summed E-state index contributed by atoms with van der Waals surface area (Å²) in [7, 11) is 0. The summed E-state index contributed by atoms with van der Waals surface area (Å²) in [5.41, 5.74) is 0.515. The van der Waals surface area contributed by atoms with E-state index >= 15 is 0 Å². The number of hydrogen-bond acceptors (Lipinski definition) is 5. The first-order valence-electron chi connectivity index (χ1n) is 5.55. The number of aliphatic hydroxyl groups excluding tert-OH is 1. The fraction of sp³-hybridized carbons (Fsp3) is 0.154. The van der Waals surface area contributed by atoms with Crippen LogP contribution < -0.4 is 5.32 Å². The fourth-order valence-corrected chi connectivity index (χ4v) is 1.71. The van der Waals surface area contributed by atoms with Crippen LogP contribution in [0.4, 0.5) is 5.82 Å². The van der Waals surface area contributed by atoms with Crippen LogP contribution in [0.5, 0.6) is 0 Å². The Hall–Kier alpha value is -2.65. The van der Waals surface area contributed by atoms with Crippen LogP contribution in [-0.4, -0.2) is 33.8 Å². The summed E-state index contributed by atoms with van der Waals surface area (Å²) in [4.78, 5) is 14.9. The zero-order chi connectivity index (χ0) is 13.8. The van der Waals surface area contributed by atoms with Gasteiger partial charge in [-0.05, 0) is 29.7 Å². The Morgan fingerprint density at radius 3 is 2.89 bits per heavy atom. The van der Waals surface area contributed by atoms with Gasteiger partial charge in [0.05, 0.1) is 18.2 Å². The summed E-state index contributed by atoms with van der Waals surface area (Å²) in [5.74, 6) is -0.793. The summed E-state index contributed by atoms with van der Waals surface area (Å²) in [6.07, 6.45) is 1.52. The standard InChI is InChI=1S/C13H11N3O3/c14-6-8-1-2-10-9(5-8)3-4-15-12(10)16-11(7-17)13(18)19/h1-5,11,17H,7H2,(H,15,16)(H,18,19). The van der Waals surface area contributed by atoms with E-state index in [4.69, 9.17) is 15.5 Å². The molecule has 0 aliphatic heterocycles. The molecule has 0 radical (unpaired) electrons. The molecule has 0 amide bonds. The van der Waals surface area contributed by atoms with Crippen molar-refractivity contribution in [2.24, 2.45) is 0 Å². The number of hydrogen-bond donors (Lipinski definition) is 3. The lowest BCUT2D eigenvalue weighted by Gasteiger charge is -2.14. The first-order chi connectivity index (χ1) is 9.15. The number of carboxylic acids is 1. The minimum atomic E-state index is -1.16. The number of pyridine rings is 1. The highest BCUT2D eigenvalue weighted by Crippen LogP contribution is 2.22. The molecule has 2 rings (SSSR count). The first kappa shape index (κ1) is 12.8. The van der Waals surface area contributed by atoms with E-state index in [1.54, 1.807) is 24.3 Å². The smallest absolute Gasteiger partial charge is 0.328 e. The lowest BCUT2D eigenvalue weighted by atomic mass is 10.1. The molecule has 0 saturated carbocycles. The van der Waals surface area contributed by atoms with Gasteiger partial charge in [-0.2, -0.15) is 5.26 Å². The molecule has 2 aromatic rings. The molecule has 0 aliphatic rings. The summed E-state index contributed by atoms with van der Waals surface area (Å²) in [6, 6.07) is 7.66. The van der Waals surface area contributed by atoms with E-state index in [2.05, 4.69) is 10.3 Å². The van der Waals surface area contributed by atoms with Gasteiger partial charge in [-0.1, -0.05) is 0 Å². The summed E-state index contributed by atoms with van der Waals surface area (Å²) in [6.45, 7) is -0.538. The summed E-state index contributed by atoms with van der Waals surface area (Å²) in [5, 5.41) is 30.9. The molecule has 6 nitrogen and oxygen atoms in total. The van der Waals surface area contributed by atoms with E-state index in [1.165, 1.54) is 6.20 Å². The van der Waals surface area contributed by atoms with Gasteiger partial charge in [0.1, 0.15) is 11.9 Å². The number of benzene rings is 1. The van der Waals surface area contributed by atoms with Crippen molar-refractivity contribution < 1.29 is 15.0 Å². The molecule has 3 N–H and O–H groups in total. The van der Waals surface area contributed by atoms with Crippen molar-refractivity contribution in [3.63, 3.8) is 0 Å². The van der Waals surface area contributed by atoms with Gasteiger partial charge < -0.3 is 15.5 Å². The van der Waals surface area contributed by atoms with E-state index < -0.39 is 18.6 Å². The van der Waals surface area contributed by atoms with Crippen LogP contribution in [0.25, 0.3) is 10.8 Å². The Kier molecular flexibility index (Phi) is 3.59. The highest BCUT2D eigenvalue weighted by Gasteiger charge is 2.17. The normalized spacial score (nSPS) is 11.8. The average molecular weight is 257 g/mol. The summed E-state index contributed by atoms with van der Waals surface area (Å²) >= 11 is 0. The number of nitrogens with one attached hydrogen (secondary N) is 1. The van der Waals surface area contributed by atoms with Crippen molar-refractivity contribution in [1.82, 2.24) is 4.98 Å². The van der Waals surface area contributed by atoms with E-state index in [0.717, 1.165) is 5.39 Å². The van der Waals surface area contributed by atoms with Gasteiger partial charge in [0.15, 0.2) is 0 Å². The molecule has 0 spiro atoms. The number of anilines is 1. The molecule has 1 heterocycles. The monoisotopic (exact) mass is 257 g/mol. The average Bonchev–Trinajstić information content (AvgIpc) is 2.43. The van der Waals surface area contributed by atoms with Crippen molar-refractivity contribution in [3.8, 4) is 6.07 Å². The molecule has 0 aliphatic carbocycles. The van der Waals surface area contributed by atoms with Gasteiger partial charge in [0.25, 0.3) is 0 Å². The number of nitriles is 1. The van der Waals surface area contributed by atoms with Crippen LogP contribution in [0, 0.1) is 11.3 Å². The zero-order valence-electron chi connectivity index (χ0n) is 9.87. The Balaban J connectivity index is 2.44. The number of carbonyl (C=O) groups is 1. The van der Waals surface area contributed by atoms with Gasteiger partial charge in [0, 0.05) is 11.6 Å². The van der Waals surface area contributed by atoms with Crippen LogP contribution >= 0.6 is 0 Å². The highest BCUT2D eigenvalue weighted by atomic mass is 16.4. The molecule has 0 saturated heterocycles. The maximum Gasteiger partial charge on any atom is 0.328 e. The molecule has 19 heavy (non-hydrogen) atoms. The number of fused-ring (bicyclic) bond motifs is 1. The van der Waals surface area contributed by atoms with Gasteiger partial charge in [-0.25, -0.2) is 9.78 Å². The van der Waals surface area contributed by atoms with Gasteiger partial charge in [0.2, 0.25) is 0 Å². The molecule has 1 aromatic heterocycles. The number of aromatic nitrogens is 1. The number of rotatable bonds is 4. The number of nitrogens with zero attached hydrogens (tertiary/aromatic N) is 2. The molecule has 0 fully saturated rings. The Morgan fingerprint density at radius 2 is 2.26 bits per heavy atom. The third-order valence-corrected chi connectivity index (χ3v) is 2.69. The molecule has 1 unspecified atom stereocenters. The van der Waals surface area contributed by atoms with Gasteiger partial charge >= 0.3 is 5.97 Å². The fourth-order valence-electron chi connectivity index (χ4n) is 1.71. The van der Waals surface area contributed by atoms with Crippen LogP contribution in [-0.2, 0) is 4.79 Å². The number of aliphatic hydroxyl groups is 1. The lowest BCUT2D eigenvalue weighted by Crippen LogP contribution is -2.33. The van der Waals surface area contributed by atoms with E-state index in [9.17, 15) is 4.79 Å². The second-order valence-corrected chi connectivity index (χ2v) is 3.93. The minimum Gasteiger partial charge on any atom is -0.480 e. The predicted molar refractivity (Wildman–Crippen MR) is 68.6 cm³/mol. The molecule has 1 atom stereocenters. The quantitative estimate of drug-likeness (QED) is 0.753. The maximum absolute atomic E-state index is 10.9. The SMILES string of the molecule is N#Cc1ccc2c(NC(CO)C(=O)O)nccc2c1. The second kappa shape index (κ2) is 5.33. The Morgan fingerprint density at radius 1 is 1.47 bits per heavy atom. The van der Waals surface area contributed by atoms with E-state index in [1.807, 2.05) is 6.07 Å². The van der Waals surface area contributed by atoms with Crippen molar-refractivity contribution in [1.29, 1.82) is 5.26 Å². The molecule has 96 valence electrons. The minimum absolute atomic E-state index is 0.364. The van der Waals surface area contributed by atoms with Crippen molar-refractivity contribution in [2.45, 2.75) is 6.04 Å². The Labute approximate surface area is 108 Å². The number of carboxylic acid groups (broad SMARTS) is 1. The molecule has 0 bridgehead atoms. The first-order valence-corrected chi connectivity index (χ1v) is 5.55. The molecular formula is C13H11N3O3. The van der Waals surface area contributed by atoms with Crippen LogP contribution in [0.15, 0.2) is 30.5 Å². The third-order valence-electron chi connectivity index (χ3n) is 2.69. The summed E-state index contributed by atoms with van der Waals surface area (Å²) < 4.78 is 0. The van der Waals surface area contributed by atoms with Crippen LogP contribution in [0.3, 0.4) is 0 Å². The van der Waals surface area contributed by atoms with E-state index in [0.29, 0.717) is 16.8 Å². The van der Waals surface area contributed by atoms with Gasteiger partial charge in [-0.3, -0.25) is 0 Å². The maximum atomic E-state index is 10.9. The van der Waals surface area contributed by atoms with Crippen molar-refractivity contribution in [2.75, 3.05) is 11.9 Å². The van der Waals surface area contributed by atoms with Crippen molar-refractivity contribution >= 4 is 22.6 Å². The zero-order valence-corrected chi connectivity index (χ0v) is 9.87. The van der Waals surface area contributed by atoms with Gasteiger partial charge in [-0.15, -0.1) is 0 Å². The molecule has 6 heteroatoms. The third kappa shape index (κ3) is 2.61. The number of aliphatic carboxylic acids is 1. The topological polar surface area (TPSA) is 106 Å². The predicted octanol–water partition coefficient (Wildman–Crippen LogP) is 0.964. The van der Waals surface area contributed by atoms with Crippen molar-refractivity contribution in [3.05, 3.63) is 36.0 Å². The molecule has 1 aromatic carbocycles. The Bertz CT molecular complexity index is 664. The van der Waals surface area contributed by atoms with Crippen LogP contribution in [0.1, 0.15) is 5.56 Å². The lowest BCUT2D eigenvalue weighted by molar-refractivity contribution is -0.138. The van der Waals surface area contributed by atoms with Crippen LogP contribution in [0.2, 0.25) is 0 Å². The highest BCUT2D eigenvalue weighted by molar-refractivity contribution is 5.93. The van der Waals surface area contributed by atoms with E-state index in [-0.39, 0.29) is 0 Å². The second-order valence-electron chi connectivity index (χ2n) is 3.93.